The molecule has 0 atom stereocenters. The Morgan fingerprint density at radius 2 is 0.700 bits per heavy atom. The van der Waals surface area contributed by atoms with Crippen LogP contribution in [0.4, 0.5) is 0 Å². The molecule has 0 N–H and O–H groups in total. The van der Waals surface area contributed by atoms with Gasteiger partial charge in [0, 0.05) is 0 Å². The Balaban J connectivity index is -0.0000000257. The first kappa shape index (κ1) is 22.6. The van der Waals surface area contributed by atoms with Crippen LogP contribution in [0.25, 0.3) is 0 Å². The molecule has 0 bridgehead atoms. The molecule has 0 saturated heterocycles. The smallest absolute Gasteiger partial charge is 0.444 e. The molecule has 10 heavy (non-hydrogen) atoms. The van der Waals surface area contributed by atoms with Crippen molar-refractivity contribution in [1.29, 1.82) is 0 Å². The zero-order valence-electron chi connectivity index (χ0n) is 4.17. The fourth-order valence-corrected chi connectivity index (χ4v) is 0. The van der Waals surface area contributed by atoms with Crippen molar-refractivity contribution in [3.8, 4) is 0 Å². The van der Waals surface area contributed by atoms with Crippen molar-refractivity contribution in [1.82, 2.24) is 0 Å². The van der Waals surface area contributed by atoms with E-state index in [0.29, 0.717) is 0 Å². The van der Waals surface area contributed by atoms with Crippen LogP contribution in [0, 0.1) is 79.7 Å². The molecule has 0 unspecified atom stereocenters. The standard InChI is InChI=1S/Eu.3HNO2/c;3*2-1-3/h;3*(H,2,3)/q+3;;;/p-3. The van der Waals surface area contributed by atoms with Crippen molar-refractivity contribution in [2.45, 2.75) is 0 Å². The van der Waals surface area contributed by atoms with Crippen LogP contribution in [-0.4, -0.2) is 0 Å². The second kappa shape index (κ2) is 68.7. The maximum Gasteiger partial charge on any atom is 3.00 e. The molecule has 0 saturated carbocycles. The molecule has 0 radical (unpaired) electrons. The Labute approximate surface area is 94.8 Å². The summed E-state index contributed by atoms with van der Waals surface area (Å²) in [6, 6.07) is 0. The van der Waals surface area contributed by atoms with Crippen LogP contribution in [0.1, 0.15) is 0 Å². The number of nitrogens with zero attached hydrogens (tertiary/aromatic N) is 3. The normalized spacial score (nSPS) is 3.60. The third kappa shape index (κ3) is 7710. The summed E-state index contributed by atoms with van der Waals surface area (Å²) in [7, 11) is 0. The van der Waals surface area contributed by atoms with Gasteiger partial charge >= 0.3 is 49.4 Å². The SMILES string of the molecule is O=N[O-].O=N[O-].O=N[O-].[Eu+3]. The molecule has 0 spiro atoms. The summed E-state index contributed by atoms with van der Waals surface area (Å²) in [6.07, 6.45) is 0. The quantitative estimate of drug-likeness (QED) is 0.472. The van der Waals surface area contributed by atoms with Gasteiger partial charge in [0.2, 0.25) is 0 Å². The second-order valence-corrected chi connectivity index (χ2v) is 0.224. The predicted octanol–water partition coefficient (Wildman–Crippen LogP) is 0.752. The minimum Gasteiger partial charge on any atom is -0.444 e. The molecule has 0 aliphatic heterocycles. The Kier molecular flexibility index (Phi) is 155. The van der Waals surface area contributed by atoms with Crippen LogP contribution in [0.5, 0.6) is 0 Å². The van der Waals surface area contributed by atoms with E-state index < -0.39 is 0 Å². The van der Waals surface area contributed by atoms with Gasteiger partial charge in [-0.05, 0) is 0 Å². The average molecular weight is 290 g/mol. The fraction of sp³-hybridized carbons (Fsp3) is 0. The summed E-state index contributed by atoms with van der Waals surface area (Å²) in [5, 5.41) is 27.0. The van der Waals surface area contributed by atoms with Gasteiger partial charge in [0.1, 0.15) is 0 Å². The maximum absolute atomic E-state index is 8.00. The minimum atomic E-state index is 0. The fourth-order valence-electron chi connectivity index (χ4n) is 0. The van der Waals surface area contributed by atoms with Crippen molar-refractivity contribution in [3.63, 3.8) is 0 Å². The topological polar surface area (TPSA) is 157 Å². The van der Waals surface area contributed by atoms with Crippen LogP contribution in [-0.2, 0) is 0 Å². The largest absolute Gasteiger partial charge is 3.00 e. The number of rotatable bonds is 0. The van der Waals surface area contributed by atoms with E-state index in [-0.39, 0.29) is 49.4 Å². The molecule has 10 heteroatoms. The molecule has 0 fully saturated rings. The first-order valence-electron chi connectivity index (χ1n) is 1.10. The van der Waals surface area contributed by atoms with Gasteiger partial charge in [-0.2, -0.15) is 0 Å². The van der Waals surface area contributed by atoms with Gasteiger partial charge in [0.05, 0.1) is 0 Å². The molecule has 0 aliphatic rings. The molecule has 0 heterocycles. The first-order valence-corrected chi connectivity index (χ1v) is 1.10. The molecule has 9 nitrogen and oxygen atoms in total. The van der Waals surface area contributed by atoms with Gasteiger partial charge in [-0.3, -0.25) is 0 Å². The summed E-state index contributed by atoms with van der Waals surface area (Å²) >= 11 is 0. The van der Waals surface area contributed by atoms with Crippen molar-refractivity contribution < 1.29 is 49.4 Å². The van der Waals surface area contributed by atoms with E-state index in [4.69, 9.17) is 30.3 Å². The van der Waals surface area contributed by atoms with E-state index >= 15 is 0 Å². The van der Waals surface area contributed by atoms with Gasteiger partial charge in [-0.1, -0.05) is 0 Å². The third-order valence-corrected chi connectivity index (χ3v) is 0. The molecule has 58 valence electrons. The van der Waals surface area contributed by atoms with E-state index in [2.05, 4.69) is 0 Å². The van der Waals surface area contributed by atoms with Crippen LogP contribution in [0.2, 0.25) is 0 Å². The van der Waals surface area contributed by atoms with E-state index in [0.717, 1.165) is 16.0 Å². The van der Waals surface area contributed by atoms with E-state index in [1.165, 1.54) is 0 Å². The summed E-state index contributed by atoms with van der Waals surface area (Å²) in [5.41, 5.74) is 0. The Hall–Kier alpha value is -0.216. The van der Waals surface area contributed by atoms with Crippen molar-refractivity contribution in [3.05, 3.63) is 30.3 Å². The summed E-state index contributed by atoms with van der Waals surface area (Å²) in [6.45, 7) is 0. The molecule has 0 aromatic carbocycles. The van der Waals surface area contributed by atoms with Crippen LogP contribution in [0.15, 0.2) is 16.0 Å². The van der Waals surface area contributed by atoms with Gasteiger partial charge in [0.25, 0.3) is 0 Å². The van der Waals surface area contributed by atoms with Crippen molar-refractivity contribution in [2.75, 3.05) is 0 Å². The zero-order valence-corrected chi connectivity index (χ0v) is 6.59. The predicted molar refractivity (Wildman–Crippen MR) is 27.5 cm³/mol. The Morgan fingerprint density at radius 1 is 0.700 bits per heavy atom. The number of hydrogen-bond acceptors (Lipinski definition) is 9. The van der Waals surface area contributed by atoms with Gasteiger partial charge < -0.3 is 30.3 Å². The summed E-state index contributed by atoms with van der Waals surface area (Å²) in [5.74, 6) is 0. The number of hydrogen-bond donors (Lipinski definition) is 0. The van der Waals surface area contributed by atoms with Gasteiger partial charge in [-0.25, -0.2) is 0 Å². The molecular weight excluding hydrogens is 290 g/mol. The van der Waals surface area contributed by atoms with Crippen LogP contribution >= 0.6 is 0 Å². The van der Waals surface area contributed by atoms with E-state index in [9.17, 15) is 0 Å². The maximum atomic E-state index is 8.00. The van der Waals surface area contributed by atoms with E-state index in [1.54, 1.807) is 0 Å². The average Bonchev–Trinajstić information content (AvgIpc) is 1.70. The monoisotopic (exact) mass is 291 g/mol. The van der Waals surface area contributed by atoms with Gasteiger partial charge in [0.15, 0.2) is 0 Å². The summed E-state index contributed by atoms with van der Waals surface area (Å²) in [4.78, 5) is 24.0. The Bertz CT molecular complexity index is 49.7. The Morgan fingerprint density at radius 3 is 0.700 bits per heavy atom. The summed E-state index contributed by atoms with van der Waals surface area (Å²) < 4.78 is 0. The molecule has 0 aliphatic carbocycles. The first-order chi connectivity index (χ1) is 4.24. The molecule has 0 aromatic heterocycles. The third-order valence-electron chi connectivity index (χ3n) is 0. The zero-order chi connectivity index (χ0) is 8.12. The van der Waals surface area contributed by atoms with E-state index in [1.807, 2.05) is 0 Å². The molecule has 0 rings (SSSR count). The van der Waals surface area contributed by atoms with Crippen molar-refractivity contribution in [2.24, 2.45) is 16.0 Å². The second-order valence-electron chi connectivity index (χ2n) is 0.224. The molecular formula is EuN3O6. The molecule has 0 aromatic rings. The minimum absolute atomic E-state index is 0. The van der Waals surface area contributed by atoms with Crippen molar-refractivity contribution >= 4 is 0 Å². The van der Waals surface area contributed by atoms with Gasteiger partial charge in [-0.15, -0.1) is 16.0 Å². The van der Waals surface area contributed by atoms with Crippen LogP contribution < -0.4 is 0 Å². The molecule has 0 amide bonds. The van der Waals surface area contributed by atoms with Crippen LogP contribution in [0.3, 0.4) is 0 Å².